The van der Waals surface area contributed by atoms with Crippen LogP contribution in [0.5, 0.6) is 5.75 Å². The van der Waals surface area contributed by atoms with E-state index >= 15 is 0 Å². The van der Waals surface area contributed by atoms with Crippen molar-refractivity contribution in [2.45, 2.75) is 44.9 Å². The maximum absolute atomic E-state index is 6.56. The van der Waals surface area contributed by atoms with Gasteiger partial charge in [-0.25, -0.2) is 0 Å². The van der Waals surface area contributed by atoms with Crippen LogP contribution in [0.2, 0.25) is 0 Å². The molecule has 0 unspecified atom stereocenters. The van der Waals surface area contributed by atoms with Crippen LogP contribution in [0.1, 0.15) is 43.2 Å². The number of nitrogens with zero attached hydrogens (tertiary/aromatic N) is 1. The van der Waals surface area contributed by atoms with Gasteiger partial charge in [0.15, 0.2) is 0 Å². The van der Waals surface area contributed by atoms with Crippen molar-refractivity contribution in [1.29, 1.82) is 0 Å². The largest absolute Gasteiger partial charge is 0.492 e. The number of aryl methyl sites for hydroxylation is 2. The van der Waals surface area contributed by atoms with Gasteiger partial charge in [-0.3, -0.25) is 4.90 Å². The summed E-state index contributed by atoms with van der Waals surface area (Å²) in [5.74, 6) is 1.89. The number of hydrogen-bond donors (Lipinski definition) is 0. The van der Waals surface area contributed by atoms with Crippen molar-refractivity contribution in [2.75, 3.05) is 26.2 Å². The summed E-state index contributed by atoms with van der Waals surface area (Å²) in [5.41, 5.74) is 7.45. The third-order valence-corrected chi connectivity index (χ3v) is 7.46. The van der Waals surface area contributed by atoms with Crippen LogP contribution in [0.25, 0.3) is 33.4 Å². The lowest BCUT2D eigenvalue weighted by Gasteiger charge is -2.15. The van der Waals surface area contributed by atoms with E-state index in [-0.39, 0.29) is 0 Å². The molecular weight excluding hydrogens is 418 g/mol. The summed E-state index contributed by atoms with van der Waals surface area (Å²) in [7, 11) is 0. The third kappa shape index (κ3) is 4.37. The maximum Gasteiger partial charge on any atom is 0.143 e. The number of furan rings is 1. The summed E-state index contributed by atoms with van der Waals surface area (Å²) >= 11 is 0. The van der Waals surface area contributed by atoms with Gasteiger partial charge >= 0.3 is 0 Å². The molecular formula is C31H33NO2. The third-order valence-electron chi connectivity index (χ3n) is 7.46. The molecule has 1 saturated heterocycles. The Kier molecular flexibility index (Phi) is 6.12. The molecule has 0 saturated carbocycles. The smallest absolute Gasteiger partial charge is 0.143 e. The second-order valence-electron chi connectivity index (χ2n) is 9.77. The lowest BCUT2D eigenvalue weighted by Crippen LogP contribution is -2.25. The quantitative estimate of drug-likeness (QED) is 0.284. The maximum atomic E-state index is 6.56. The minimum absolute atomic E-state index is 0.745. The highest BCUT2D eigenvalue weighted by molar-refractivity contribution is 6.02. The second-order valence-corrected chi connectivity index (χ2v) is 9.77. The molecule has 34 heavy (non-hydrogen) atoms. The Balaban J connectivity index is 1.35. The minimum Gasteiger partial charge on any atom is -0.492 e. The molecule has 0 amide bonds. The number of benzene rings is 3. The minimum atomic E-state index is 0.745. The predicted molar refractivity (Wildman–Crippen MR) is 140 cm³/mol. The zero-order chi connectivity index (χ0) is 22.7. The average Bonchev–Trinajstić information content (AvgIpc) is 3.46. The average molecular weight is 452 g/mol. The Labute approximate surface area is 202 Å². The molecule has 2 heterocycles. The summed E-state index contributed by atoms with van der Waals surface area (Å²) in [6, 6.07) is 23.8. The van der Waals surface area contributed by atoms with Gasteiger partial charge in [-0.1, -0.05) is 48.9 Å². The molecule has 2 aliphatic rings. The van der Waals surface area contributed by atoms with Crippen LogP contribution in [-0.2, 0) is 12.8 Å². The van der Waals surface area contributed by atoms with E-state index in [9.17, 15) is 0 Å². The molecule has 6 rings (SSSR count). The van der Waals surface area contributed by atoms with E-state index in [1.54, 1.807) is 0 Å². The predicted octanol–water partition coefficient (Wildman–Crippen LogP) is 7.51. The molecule has 0 radical (unpaired) electrons. The Morgan fingerprint density at radius 1 is 0.735 bits per heavy atom. The second kappa shape index (κ2) is 9.68. The highest BCUT2D eigenvalue weighted by Gasteiger charge is 2.20. The van der Waals surface area contributed by atoms with Gasteiger partial charge in [-0.2, -0.15) is 0 Å². The van der Waals surface area contributed by atoms with Crippen molar-refractivity contribution < 1.29 is 9.15 Å². The first-order chi connectivity index (χ1) is 16.8. The van der Waals surface area contributed by atoms with Crippen LogP contribution in [0.15, 0.2) is 71.1 Å². The fraction of sp³-hybridized carbons (Fsp3) is 0.355. The van der Waals surface area contributed by atoms with E-state index < -0.39 is 0 Å². The molecule has 3 heteroatoms. The molecule has 3 nitrogen and oxygen atoms in total. The number of fused-ring (bicyclic) bond motifs is 2. The van der Waals surface area contributed by atoms with Gasteiger partial charge in [0.05, 0.1) is 0 Å². The number of rotatable bonds is 6. The topological polar surface area (TPSA) is 25.6 Å². The van der Waals surface area contributed by atoms with Crippen molar-refractivity contribution in [3.63, 3.8) is 0 Å². The van der Waals surface area contributed by atoms with Crippen molar-refractivity contribution in [2.24, 2.45) is 0 Å². The van der Waals surface area contributed by atoms with Gasteiger partial charge in [-0.05, 0) is 92.6 Å². The molecule has 3 aromatic carbocycles. The Morgan fingerprint density at radius 3 is 2.24 bits per heavy atom. The molecule has 0 atom stereocenters. The van der Waals surface area contributed by atoms with Crippen LogP contribution in [0.4, 0.5) is 0 Å². The summed E-state index contributed by atoms with van der Waals surface area (Å²) < 4.78 is 12.6. The molecule has 1 aromatic heterocycles. The van der Waals surface area contributed by atoms with E-state index in [1.807, 2.05) is 0 Å². The number of hydrogen-bond acceptors (Lipinski definition) is 3. The Bertz CT molecular complexity index is 1250. The normalized spacial score (nSPS) is 16.5. The van der Waals surface area contributed by atoms with Gasteiger partial charge in [0, 0.05) is 23.1 Å². The van der Waals surface area contributed by atoms with Gasteiger partial charge < -0.3 is 9.15 Å². The molecule has 1 fully saturated rings. The molecule has 0 bridgehead atoms. The van der Waals surface area contributed by atoms with Gasteiger partial charge in [-0.15, -0.1) is 0 Å². The first kappa shape index (κ1) is 21.5. The molecule has 0 spiro atoms. The molecule has 174 valence electrons. The SMILES string of the molecule is c1ccc(-c2oc3cc4c(cc3c2-c2ccc(OCCN3CCCC3)cc2)CCCCC4)cc1. The summed E-state index contributed by atoms with van der Waals surface area (Å²) in [6.45, 7) is 4.18. The molecule has 1 aliphatic heterocycles. The van der Waals surface area contributed by atoms with Crippen LogP contribution in [0, 0.1) is 0 Å². The van der Waals surface area contributed by atoms with Crippen LogP contribution in [-0.4, -0.2) is 31.1 Å². The van der Waals surface area contributed by atoms with Crippen molar-refractivity contribution in [3.05, 3.63) is 77.9 Å². The van der Waals surface area contributed by atoms with E-state index in [0.29, 0.717) is 0 Å². The number of ether oxygens (including phenoxy) is 1. The summed E-state index contributed by atoms with van der Waals surface area (Å²) in [6.07, 6.45) is 8.83. The monoisotopic (exact) mass is 451 g/mol. The van der Waals surface area contributed by atoms with Crippen LogP contribution >= 0.6 is 0 Å². The Hall–Kier alpha value is -3.04. The molecule has 1 aliphatic carbocycles. The fourth-order valence-electron chi connectivity index (χ4n) is 5.60. The molecule has 4 aromatic rings. The Morgan fingerprint density at radius 2 is 1.47 bits per heavy atom. The summed E-state index contributed by atoms with van der Waals surface area (Å²) in [5, 5.41) is 1.22. The van der Waals surface area contributed by atoms with E-state index in [4.69, 9.17) is 9.15 Å². The van der Waals surface area contributed by atoms with Gasteiger partial charge in [0.1, 0.15) is 23.7 Å². The number of likely N-dealkylation sites (tertiary alicyclic amines) is 1. The first-order valence-electron chi connectivity index (χ1n) is 12.9. The zero-order valence-corrected chi connectivity index (χ0v) is 19.9. The zero-order valence-electron chi connectivity index (χ0n) is 19.9. The standard InChI is InChI=1S/C31H33NO2/c1-3-9-24(10-4-1)31-30(28-21-25-11-5-2-6-12-26(25)22-29(28)34-31)23-13-15-27(16-14-23)33-20-19-32-17-7-8-18-32/h1,3-4,9-10,13-16,21-22H,2,5-8,11-12,17-20H2. The molecule has 0 N–H and O–H groups in total. The lowest BCUT2D eigenvalue weighted by atomic mass is 9.95. The van der Waals surface area contributed by atoms with Crippen molar-refractivity contribution >= 4 is 11.0 Å². The van der Waals surface area contributed by atoms with Crippen LogP contribution < -0.4 is 4.74 Å². The van der Waals surface area contributed by atoms with Crippen molar-refractivity contribution in [3.8, 4) is 28.2 Å². The lowest BCUT2D eigenvalue weighted by molar-refractivity contribution is 0.238. The van der Waals surface area contributed by atoms with Gasteiger partial charge in [0.25, 0.3) is 0 Å². The van der Waals surface area contributed by atoms with E-state index in [2.05, 4.69) is 71.6 Å². The first-order valence-corrected chi connectivity index (χ1v) is 12.9. The van der Waals surface area contributed by atoms with E-state index in [0.717, 1.165) is 42.2 Å². The summed E-state index contributed by atoms with van der Waals surface area (Å²) in [4.78, 5) is 2.49. The van der Waals surface area contributed by atoms with Crippen molar-refractivity contribution in [1.82, 2.24) is 4.90 Å². The van der Waals surface area contributed by atoms with E-state index in [1.165, 1.54) is 79.3 Å². The van der Waals surface area contributed by atoms with Gasteiger partial charge in [0.2, 0.25) is 0 Å². The highest BCUT2D eigenvalue weighted by Crippen LogP contribution is 2.42. The fourth-order valence-corrected chi connectivity index (χ4v) is 5.60. The highest BCUT2D eigenvalue weighted by atomic mass is 16.5. The van der Waals surface area contributed by atoms with Crippen LogP contribution in [0.3, 0.4) is 0 Å².